The maximum Gasteiger partial charge on any atom is -0.00296 e. The van der Waals surface area contributed by atoms with Gasteiger partial charge in [0, 0.05) is 0 Å². The Hall–Kier alpha value is -1.01. The van der Waals surface area contributed by atoms with Crippen molar-refractivity contribution in [1.82, 2.24) is 0 Å². The summed E-state index contributed by atoms with van der Waals surface area (Å²) in [5.74, 6) is 0. The quantitative estimate of drug-likeness (QED) is 0.597. The second kappa shape index (κ2) is 7.10. The number of hydrogen-bond acceptors (Lipinski definition) is 0. The van der Waals surface area contributed by atoms with Crippen LogP contribution in [0.25, 0.3) is 6.08 Å². The summed E-state index contributed by atoms with van der Waals surface area (Å²) in [5, 5.41) is 0. The maximum atomic E-state index is 4.76. The Labute approximate surface area is 72.8 Å². The van der Waals surface area contributed by atoms with E-state index in [1.54, 1.807) is 0 Å². The molecule has 0 aliphatic rings. The summed E-state index contributed by atoms with van der Waals surface area (Å²) < 4.78 is 0. The van der Waals surface area contributed by atoms with Gasteiger partial charge in [0.05, 0.1) is 0 Å². The average Bonchev–Trinajstić information content (AvgIpc) is 2.08. The van der Waals surface area contributed by atoms with Crippen LogP contribution in [-0.4, -0.2) is 0 Å². The molecule has 0 nitrogen and oxygen atoms in total. The van der Waals surface area contributed by atoms with Crippen molar-refractivity contribution in [3.05, 3.63) is 54.6 Å². The molecule has 1 aromatic carbocycles. The smallest absolute Gasteiger partial charge is 0.00296 e. The lowest BCUT2D eigenvalue weighted by molar-refractivity contribution is 1.67. The van der Waals surface area contributed by atoms with E-state index in [0.29, 0.717) is 0 Å². The normalized spacial score (nSPS) is 7.36. The molecule has 0 atom stereocenters. The van der Waals surface area contributed by atoms with Crippen LogP contribution in [0.5, 0.6) is 0 Å². The molecule has 0 bridgehead atoms. The predicted molar refractivity (Wildman–Crippen MR) is 52.6 cm³/mol. The topological polar surface area (TPSA) is 0 Å². The third kappa shape index (κ3) is 5.43. The molecule has 58 valence electrons. The fraction of sp³-hybridized carbons (Fsp3) is 0. The van der Waals surface area contributed by atoms with Crippen molar-refractivity contribution in [1.29, 1.82) is 0 Å². The first-order chi connectivity index (χ1) is 5.35. The summed E-state index contributed by atoms with van der Waals surface area (Å²) in [7, 11) is 0. The Bertz CT molecular complexity index is 201. The number of rotatable bonds is 1. The summed E-state index contributed by atoms with van der Waals surface area (Å²) >= 11 is 4.76. The van der Waals surface area contributed by atoms with Crippen molar-refractivity contribution in [3.63, 3.8) is 0 Å². The van der Waals surface area contributed by atoms with E-state index in [1.165, 1.54) is 11.1 Å². The molecule has 0 saturated heterocycles. The Morgan fingerprint density at radius 3 is 1.82 bits per heavy atom. The molecular weight excluding hydrogens is 156 g/mol. The highest BCUT2D eigenvalue weighted by atomic mass is 35.5. The first-order valence-electron chi connectivity index (χ1n) is 3.23. The minimum atomic E-state index is 1.17. The third-order valence-corrected chi connectivity index (χ3v) is 1.04. The molecule has 11 heavy (non-hydrogen) atoms. The van der Waals surface area contributed by atoms with Crippen LogP contribution in [0.15, 0.2) is 49.0 Å². The molecule has 0 saturated carbocycles. The Balaban J connectivity index is 0.000000292. The molecule has 0 unspecified atom stereocenters. The number of benzene rings is 1. The summed E-state index contributed by atoms with van der Waals surface area (Å²) in [6.07, 6.45) is 1.83. The lowest BCUT2D eigenvalue weighted by Crippen LogP contribution is -1.63. The van der Waals surface area contributed by atoms with Crippen molar-refractivity contribution in [2.24, 2.45) is 0 Å². The van der Waals surface area contributed by atoms with Gasteiger partial charge in [0.1, 0.15) is 0 Å². The minimum Gasteiger partial charge on any atom is -0.0985 e. The summed E-state index contributed by atoms with van der Waals surface area (Å²) in [5.41, 5.74) is 2.40. The highest BCUT2D eigenvalue weighted by Gasteiger charge is 1.75. The van der Waals surface area contributed by atoms with E-state index in [1.807, 2.05) is 36.4 Å². The van der Waals surface area contributed by atoms with E-state index in [4.69, 9.17) is 11.6 Å². The second-order valence-corrected chi connectivity index (χ2v) is 2.08. The molecule has 0 amide bonds. The zero-order chi connectivity index (χ0) is 8.53. The van der Waals surface area contributed by atoms with Gasteiger partial charge in [0.2, 0.25) is 0 Å². The van der Waals surface area contributed by atoms with Crippen molar-refractivity contribution in [2.45, 2.75) is 0 Å². The van der Waals surface area contributed by atoms with Gasteiger partial charge in [-0.1, -0.05) is 61.2 Å². The number of hydrogen-bond donors (Lipinski definition) is 0. The van der Waals surface area contributed by atoms with Gasteiger partial charge in [0.15, 0.2) is 0 Å². The third-order valence-electron chi connectivity index (χ3n) is 1.04. The molecule has 0 heterocycles. The van der Waals surface area contributed by atoms with Gasteiger partial charge in [-0.05, 0) is 11.1 Å². The monoisotopic (exact) mass is 166 g/mol. The fourth-order valence-corrected chi connectivity index (χ4v) is 0.589. The molecule has 0 aliphatic heterocycles. The van der Waals surface area contributed by atoms with Gasteiger partial charge >= 0.3 is 0 Å². The summed E-state index contributed by atoms with van der Waals surface area (Å²) in [4.78, 5) is 0. The standard InChI is InChI=1S/C8H8.C2H3Cl/c1-2-8-6-4-3-5-7-8;1-2-3/h2-7H,1H2;2H,1H2. The molecule has 0 N–H and O–H groups in total. The molecule has 0 aliphatic carbocycles. The molecule has 1 rings (SSSR count). The van der Waals surface area contributed by atoms with E-state index in [2.05, 4.69) is 13.2 Å². The van der Waals surface area contributed by atoms with Crippen LogP contribution >= 0.6 is 11.6 Å². The zero-order valence-corrected chi connectivity index (χ0v) is 7.09. The highest BCUT2D eigenvalue weighted by molar-refractivity contribution is 6.25. The summed E-state index contributed by atoms with van der Waals surface area (Å²) in [6, 6.07) is 10.0. The van der Waals surface area contributed by atoms with E-state index >= 15 is 0 Å². The molecule has 1 heteroatoms. The van der Waals surface area contributed by atoms with Crippen LogP contribution in [0.2, 0.25) is 0 Å². The minimum absolute atomic E-state index is 1.17. The second-order valence-electron chi connectivity index (χ2n) is 1.77. The van der Waals surface area contributed by atoms with Gasteiger partial charge in [-0.15, -0.1) is 0 Å². The van der Waals surface area contributed by atoms with Gasteiger partial charge in [-0.25, -0.2) is 0 Å². The molecular formula is C10H11Cl. The molecule has 0 radical (unpaired) electrons. The van der Waals surface area contributed by atoms with Crippen LogP contribution in [0, 0.1) is 0 Å². The first kappa shape index (κ1) is 9.99. The molecule has 0 fully saturated rings. The lowest BCUT2D eigenvalue weighted by Gasteiger charge is -1.85. The SMILES string of the molecule is C=CCl.C=Cc1ccccc1. The van der Waals surface area contributed by atoms with Gasteiger partial charge in [0.25, 0.3) is 0 Å². The van der Waals surface area contributed by atoms with Crippen LogP contribution in [0.3, 0.4) is 0 Å². The van der Waals surface area contributed by atoms with Crippen molar-refractivity contribution in [3.8, 4) is 0 Å². The molecule has 0 aromatic heterocycles. The molecule has 1 aromatic rings. The largest absolute Gasteiger partial charge is 0.0985 e. The zero-order valence-electron chi connectivity index (χ0n) is 6.33. The Morgan fingerprint density at radius 1 is 1.09 bits per heavy atom. The number of halogens is 1. The first-order valence-corrected chi connectivity index (χ1v) is 3.67. The highest BCUT2D eigenvalue weighted by Crippen LogP contribution is 1.97. The molecule has 0 spiro atoms. The Kier molecular flexibility index (Phi) is 6.45. The van der Waals surface area contributed by atoms with Gasteiger partial charge in [-0.3, -0.25) is 0 Å². The van der Waals surface area contributed by atoms with Crippen LogP contribution < -0.4 is 0 Å². The average molecular weight is 167 g/mol. The van der Waals surface area contributed by atoms with E-state index in [-0.39, 0.29) is 0 Å². The van der Waals surface area contributed by atoms with Crippen molar-refractivity contribution in [2.75, 3.05) is 0 Å². The lowest BCUT2D eigenvalue weighted by atomic mass is 10.2. The van der Waals surface area contributed by atoms with E-state index < -0.39 is 0 Å². The van der Waals surface area contributed by atoms with Crippen molar-refractivity contribution < 1.29 is 0 Å². The summed E-state index contributed by atoms with van der Waals surface area (Å²) in [6.45, 7) is 6.76. The van der Waals surface area contributed by atoms with Crippen molar-refractivity contribution >= 4 is 17.7 Å². The predicted octanol–water partition coefficient (Wildman–Crippen LogP) is 3.70. The van der Waals surface area contributed by atoms with Crippen LogP contribution in [0.1, 0.15) is 5.56 Å². The fourth-order valence-electron chi connectivity index (χ4n) is 0.589. The van der Waals surface area contributed by atoms with Gasteiger partial charge < -0.3 is 0 Å². The van der Waals surface area contributed by atoms with Crippen LogP contribution in [-0.2, 0) is 0 Å². The van der Waals surface area contributed by atoms with Gasteiger partial charge in [-0.2, -0.15) is 0 Å². The Morgan fingerprint density at radius 2 is 1.55 bits per heavy atom. The van der Waals surface area contributed by atoms with E-state index in [9.17, 15) is 0 Å². The maximum absolute atomic E-state index is 4.76. The van der Waals surface area contributed by atoms with Crippen LogP contribution in [0.4, 0.5) is 0 Å². The van der Waals surface area contributed by atoms with E-state index in [0.717, 1.165) is 0 Å².